The van der Waals surface area contributed by atoms with E-state index in [0.29, 0.717) is 0 Å². The summed E-state index contributed by atoms with van der Waals surface area (Å²) in [6.07, 6.45) is 5.05. The highest BCUT2D eigenvalue weighted by Gasteiger charge is 2.28. The monoisotopic (exact) mass is 267 g/mol. The predicted octanol–water partition coefficient (Wildman–Crippen LogP) is 1.30. The highest BCUT2D eigenvalue weighted by molar-refractivity contribution is 5.79. The van der Waals surface area contributed by atoms with Crippen LogP contribution in [0.1, 0.15) is 39.5 Å². The lowest BCUT2D eigenvalue weighted by Gasteiger charge is -2.35. The number of nitrogens with zero attached hydrogens (tertiary/aromatic N) is 2. The van der Waals surface area contributed by atoms with Gasteiger partial charge in [0.25, 0.3) is 0 Å². The second-order valence-corrected chi connectivity index (χ2v) is 6.42. The number of carbonyl (C=O) groups excluding carboxylic acids is 1. The molecule has 2 heterocycles. The number of likely N-dealkylation sites (tertiary alicyclic amines) is 2. The van der Waals surface area contributed by atoms with E-state index in [1.165, 1.54) is 32.5 Å². The van der Waals surface area contributed by atoms with Gasteiger partial charge in [0.2, 0.25) is 5.91 Å². The zero-order valence-electron chi connectivity index (χ0n) is 12.5. The Morgan fingerprint density at radius 1 is 1.16 bits per heavy atom. The SMILES string of the molecule is CC(N)C(C)C(=O)N1CCC(CN2CCCC2)CC1. The van der Waals surface area contributed by atoms with E-state index in [4.69, 9.17) is 5.73 Å². The first-order chi connectivity index (χ1) is 9.08. The maximum atomic E-state index is 12.2. The van der Waals surface area contributed by atoms with Gasteiger partial charge in [-0.15, -0.1) is 0 Å². The molecular formula is C15H29N3O. The van der Waals surface area contributed by atoms with Crippen molar-refractivity contribution < 1.29 is 4.79 Å². The summed E-state index contributed by atoms with van der Waals surface area (Å²) in [5, 5.41) is 0. The fourth-order valence-electron chi connectivity index (χ4n) is 3.18. The largest absolute Gasteiger partial charge is 0.342 e. The molecule has 2 saturated heterocycles. The van der Waals surface area contributed by atoms with Crippen LogP contribution in [0.4, 0.5) is 0 Å². The van der Waals surface area contributed by atoms with Crippen molar-refractivity contribution in [2.45, 2.75) is 45.6 Å². The van der Waals surface area contributed by atoms with Crippen LogP contribution in [0.5, 0.6) is 0 Å². The van der Waals surface area contributed by atoms with Crippen molar-refractivity contribution in [1.29, 1.82) is 0 Å². The summed E-state index contributed by atoms with van der Waals surface area (Å²) in [5.74, 6) is 0.984. The van der Waals surface area contributed by atoms with Crippen molar-refractivity contribution in [3.63, 3.8) is 0 Å². The molecule has 110 valence electrons. The van der Waals surface area contributed by atoms with Gasteiger partial charge in [-0.25, -0.2) is 0 Å². The molecule has 4 nitrogen and oxygen atoms in total. The fourth-order valence-corrected chi connectivity index (χ4v) is 3.18. The maximum absolute atomic E-state index is 12.2. The maximum Gasteiger partial charge on any atom is 0.226 e. The van der Waals surface area contributed by atoms with Crippen LogP contribution in [0.3, 0.4) is 0 Å². The fraction of sp³-hybridized carbons (Fsp3) is 0.933. The summed E-state index contributed by atoms with van der Waals surface area (Å²) in [5.41, 5.74) is 5.83. The van der Waals surface area contributed by atoms with E-state index in [1.807, 2.05) is 18.7 Å². The van der Waals surface area contributed by atoms with E-state index in [0.717, 1.165) is 31.8 Å². The highest BCUT2D eigenvalue weighted by Crippen LogP contribution is 2.22. The van der Waals surface area contributed by atoms with Gasteiger partial charge in [0.15, 0.2) is 0 Å². The Balaban J connectivity index is 1.74. The highest BCUT2D eigenvalue weighted by atomic mass is 16.2. The van der Waals surface area contributed by atoms with Crippen molar-refractivity contribution in [3.05, 3.63) is 0 Å². The Bertz CT molecular complexity index is 292. The number of rotatable bonds is 4. The number of carbonyl (C=O) groups is 1. The molecule has 0 aromatic heterocycles. The van der Waals surface area contributed by atoms with E-state index in [-0.39, 0.29) is 17.9 Å². The molecule has 2 atom stereocenters. The van der Waals surface area contributed by atoms with Gasteiger partial charge in [-0.3, -0.25) is 4.79 Å². The zero-order valence-corrected chi connectivity index (χ0v) is 12.5. The smallest absolute Gasteiger partial charge is 0.226 e. The second-order valence-electron chi connectivity index (χ2n) is 6.42. The third-order valence-electron chi connectivity index (χ3n) is 4.82. The molecule has 4 heteroatoms. The van der Waals surface area contributed by atoms with Crippen LogP contribution in [0.25, 0.3) is 0 Å². The lowest BCUT2D eigenvalue weighted by Crippen LogP contribution is -2.46. The number of nitrogens with two attached hydrogens (primary N) is 1. The van der Waals surface area contributed by atoms with E-state index < -0.39 is 0 Å². The molecular weight excluding hydrogens is 238 g/mol. The summed E-state index contributed by atoms with van der Waals surface area (Å²) < 4.78 is 0. The van der Waals surface area contributed by atoms with E-state index in [2.05, 4.69) is 4.90 Å². The van der Waals surface area contributed by atoms with Gasteiger partial charge >= 0.3 is 0 Å². The Hall–Kier alpha value is -0.610. The molecule has 2 unspecified atom stereocenters. The van der Waals surface area contributed by atoms with Gasteiger partial charge in [-0.2, -0.15) is 0 Å². The van der Waals surface area contributed by atoms with Crippen molar-refractivity contribution in [2.75, 3.05) is 32.7 Å². The Labute approximate surface area is 117 Å². The lowest BCUT2D eigenvalue weighted by molar-refractivity contribution is -0.137. The normalized spacial score (nSPS) is 25.5. The second kappa shape index (κ2) is 6.71. The predicted molar refractivity (Wildman–Crippen MR) is 77.8 cm³/mol. The summed E-state index contributed by atoms with van der Waals surface area (Å²) in [6.45, 7) is 9.52. The zero-order chi connectivity index (χ0) is 13.8. The Kier molecular flexibility index (Phi) is 5.22. The molecule has 2 aliphatic heterocycles. The van der Waals surface area contributed by atoms with E-state index >= 15 is 0 Å². The third kappa shape index (κ3) is 3.93. The van der Waals surface area contributed by atoms with Crippen LogP contribution in [-0.2, 0) is 4.79 Å². The molecule has 2 aliphatic rings. The number of hydrogen-bond acceptors (Lipinski definition) is 3. The molecule has 0 aromatic rings. The Morgan fingerprint density at radius 2 is 1.74 bits per heavy atom. The van der Waals surface area contributed by atoms with E-state index in [9.17, 15) is 4.79 Å². The van der Waals surface area contributed by atoms with Crippen molar-refractivity contribution in [2.24, 2.45) is 17.6 Å². The van der Waals surface area contributed by atoms with E-state index in [1.54, 1.807) is 0 Å². The summed E-state index contributed by atoms with van der Waals surface area (Å²) in [4.78, 5) is 16.8. The van der Waals surface area contributed by atoms with Gasteiger partial charge in [0.05, 0.1) is 5.92 Å². The van der Waals surface area contributed by atoms with Crippen LogP contribution in [0.2, 0.25) is 0 Å². The van der Waals surface area contributed by atoms with Crippen molar-refractivity contribution in [3.8, 4) is 0 Å². The molecule has 2 rings (SSSR count). The average molecular weight is 267 g/mol. The van der Waals surface area contributed by atoms with Gasteiger partial charge < -0.3 is 15.5 Å². The first-order valence-electron chi connectivity index (χ1n) is 7.84. The molecule has 0 aromatic carbocycles. The molecule has 2 N–H and O–H groups in total. The molecule has 0 bridgehead atoms. The minimum absolute atomic E-state index is 0.0462. The first kappa shape index (κ1) is 14.8. The molecule has 2 fully saturated rings. The van der Waals surface area contributed by atoms with Crippen LogP contribution in [-0.4, -0.2) is 54.5 Å². The lowest BCUT2D eigenvalue weighted by atomic mass is 9.94. The van der Waals surface area contributed by atoms with Crippen LogP contribution < -0.4 is 5.73 Å². The Morgan fingerprint density at radius 3 is 2.26 bits per heavy atom. The first-order valence-corrected chi connectivity index (χ1v) is 7.84. The number of amides is 1. The minimum Gasteiger partial charge on any atom is -0.342 e. The van der Waals surface area contributed by atoms with Crippen LogP contribution in [0, 0.1) is 11.8 Å². The van der Waals surface area contributed by atoms with Gasteiger partial charge in [-0.1, -0.05) is 6.92 Å². The third-order valence-corrected chi connectivity index (χ3v) is 4.82. The molecule has 0 saturated carbocycles. The van der Waals surface area contributed by atoms with Crippen LogP contribution >= 0.6 is 0 Å². The summed E-state index contributed by atoms with van der Waals surface area (Å²) >= 11 is 0. The topological polar surface area (TPSA) is 49.6 Å². The quantitative estimate of drug-likeness (QED) is 0.835. The molecule has 19 heavy (non-hydrogen) atoms. The molecule has 1 amide bonds. The van der Waals surface area contributed by atoms with Gasteiger partial charge in [-0.05, 0) is 51.6 Å². The number of hydrogen-bond donors (Lipinski definition) is 1. The minimum atomic E-state index is -0.0465. The standard InChI is InChI=1S/C15H29N3O/c1-12(13(2)16)15(19)18-9-5-14(6-10-18)11-17-7-3-4-8-17/h12-14H,3-11,16H2,1-2H3. The van der Waals surface area contributed by atoms with Gasteiger partial charge in [0.1, 0.15) is 0 Å². The summed E-state index contributed by atoms with van der Waals surface area (Å²) in [6, 6.07) is -0.0465. The summed E-state index contributed by atoms with van der Waals surface area (Å²) in [7, 11) is 0. The molecule has 0 aliphatic carbocycles. The average Bonchev–Trinajstić information content (AvgIpc) is 2.90. The number of piperidine rings is 1. The van der Waals surface area contributed by atoms with Crippen LogP contribution in [0.15, 0.2) is 0 Å². The van der Waals surface area contributed by atoms with Crippen molar-refractivity contribution in [1.82, 2.24) is 9.80 Å². The van der Waals surface area contributed by atoms with Gasteiger partial charge in [0, 0.05) is 25.7 Å². The van der Waals surface area contributed by atoms with Crippen molar-refractivity contribution >= 4 is 5.91 Å². The molecule has 0 spiro atoms. The molecule has 0 radical (unpaired) electrons.